The highest BCUT2D eigenvalue weighted by atomic mass is 16.5. The zero-order chi connectivity index (χ0) is 29.9. The highest BCUT2D eigenvalue weighted by Crippen LogP contribution is 2.25. The summed E-state index contributed by atoms with van der Waals surface area (Å²) in [7, 11) is 0. The Morgan fingerprint density at radius 3 is 2.74 bits per heavy atom. The first-order valence-corrected chi connectivity index (χ1v) is 14.8. The number of nitrogens with one attached hydrogen (secondary N) is 3. The Morgan fingerprint density at radius 1 is 1.19 bits per heavy atom. The topological polar surface area (TPSA) is 158 Å². The van der Waals surface area contributed by atoms with Crippen molar-refractivity contribution in [3.05, 3.63) is 58.9 Å². The molecule has 3 aromatic rings. The lowest BCUT2D eigenvalue weighted by Gasteiger charge is -2.39. The molecule has 2 saturated heterocycles. The minimum Gasteiger partial charge on any atom is -0.486 e. The van der Waals surface area contributed by atoms with E-state index in [1.54, 1.807) is 17.9 Å². The number of anilines is 2. The fourth-order valence-corrected chi connectivity index (χ4v) is 5.64. The maximum absolute atomic E-state index is 13.2. The zero-order valence-corrected chi connectivity index (χ0v) is 24.5. The van der Waals surface area contributed by atoms with E-state index in [2.05, 4.69) is 35.8 Å². The normalized spacial score (nSPS) is 19.0. The summed E-state index contributed by atoms with van der Waals surface area (Å²) in [5.74, 6) is 2.18. The quantitative estimate of drug-likeness (QED) is 0.271. The lowest BCUT2D eigenvalue weighted by molar-refractivity contribution is -0.132. The highest BCUT2D eigenvalue weighted by molar-refractivity contribution is 5.93. The molecular formula is C30H38N8O5. The Balaban J connectivity index is 1.05. The number of aliphatic hydroxyl groups excluding tert-OH is 1. The average molecular weight is 591 g/mol. The summed E-state index contributed by atoms with van der Waals surface area (Å²) in [4.78, 5) is 41.9. The zero-order valence-electron chi connectivity index (χ0n) is 24.5. The van der Waals surface area contributed by atoms with Gasteiger partial charge in [0.1, 0.15) is 23.9 Å². The summed E-state index contributed by atoms with van der Waals surface area (Å²) in [5.41, 5.74) is 3.28. The Bertz CT molecular complexity index is 1470. The molecule has 0 unspecified atom stereocenters. The van der Waals surface area contributed by atoms with Crippen LogP contribution in [-0.4, -0.2) is 87.7 Å². The Morgan fingerprint density at radius 2 is 2.00 bits per heavy atom. The van der Waals surface area contributed by atoms with E-state index in [1.807, 2.05) is 25.1 Å². The van der Waals surface area contributed by atoms with Gasteiger partial charge in [-0.15, -0.1) is 0 Å². The van der Waals surface area contributed by atoms with Crippen molar-refractivity contribution in [2.75, 3.05) is 42.9 Å². The lowest BCUT2D eigenvalue weighted by Crippen LogP contribution is -2.56. The number of likely N-dealkylation sites (tertiary alicyclic amines) is 1. The Labute approximate surface area is 250 Å². The smallest absolute Gasteiger partial charge is 0.270 e. The van der Waals surface area contributed by atoms with Crippen molar-refractivity contribution in [2.45, 2.75) is 64.4 Å². The third kappa shape index (κ3) is 6.73. The molecule has 0 bridgehead atoms. The molecule has 0 aliphatic carbocycles. The van der Waals surface area contributed by atoms with Crippen molar-refractivity contribution in [3.63, 3.8) is 0 Å². The summed E-state index contributed by atoms with van der Waals surface area (Å²) in [5, 5.41) is 20.6. The van der Waals surface area contributed by atoms with Crippen LogP contribution < -0.4 is 25.6 Å². The van der Waals surface area contributed by atoms with Crippen molar-refractivity contribution in [3.8, 4) is 5.75 Å². The molecule has 2 amide bonds. The van der Waals surface area contributed by atoms with Gasteiger partial charge in [-0.25, -0.2) is 9.97 Å². The van der Waals surface area contributed by atoms with Crippen LogP contribution in [0.5, 0.6) is 5.75 Å². The van der Waals surface area contributed by atoms with Crippen LogP contribution in [-0.2, 0) is 24.4 Å². The number of oxazole rings is 1. The number of rotatable bonds is 10. The first-order valence-electron chi connectivity index (χ1n) is 14.8. The second-order valence-electron chi connectivity index (χ2n) is 11.4. The number of hydrogen-bond donors (Lipinski definition) is 4. The van der Waals surface area contributed by atoms with E-state index in [4.69, 9.17) is 9.15 Å². The standard InChI is InChI=1S/C30H38N8O5/c1-18-27(43-17-33-18)16-42-23-6-5-20-10-24(31-12-21(20)9-23)26(40)13-32-29(41)25-11-28(34-22-14-38(15-22)19(2)39)36-30(35-25)37-7-3-4-8-37/h5-6,9,11,17,22,24,26,31,40H,3-4,7-8,10,12-16H2,1-2H3,(H,32,41)(H,34,35,36)/t24-,26+/m0/s1. The number of aromatic nitrogens is 3. The molecule has 3 aliphatic heterocycles. The van der Waals surface area contributed by atoms with Crippen LogP contribution >= 0.6 is 0 Å². The molecular weight excluding hydrogens is 552 g/mol. The van der Waals surface area contributed by atoms with Gasteiger partial charge in [-0.2, -0.15) is 4.98 Å². The van der Waals surface area contributed by atoms with Crippen molar-refractivity contribution < 1.29 is 23.8 Å². The van der Waals surface area contributed by atoms with E-state index < -0.39 is 6.10 Å². The van der Waals surface area contributed by atoms with Gasteiger partial charge in [0.2, 0.25) is 11.9 Å². The van der Waals surface area contributed by atoms with Gasteiger partial charge in [-0.1, -0.05) is 6.07 Å². The number of hydrogen-bond acceptors (Lipinski definition) is 11. The monoisotopic (exact) mass is 590 g/mol. The number of aliphatic hydroxyl groups is 1. The molecule has 0 spiro atoms. The molecule has 2 atom stereocenters. The summed E-state index contributed by atoms with van der Waals surface area (Å²) >= 11 is 0. The molecule has 13 nitrogen and oxygen atoms in total. The van der Waals surface area contributed by atoms with Crippen LogP contribution in [0.4, 0.5) is 11.8 Å². The molecule has 13 heteroatoms. The van der Waals surface area contributed by atoms with Gasteiger partial charge < -0.3 is 40.0 Å². The molecule has 2 aromatic heterocycles. The average Bonchev–Trinajstić information content (AvgIpc) is 3.67. The van der Waals surface area contributed by atoms with E-state index >= 15 is 0 Å². The summed E-state index contributed by atoms with van der Waals surface area (Å²) in [6.45, 7) is 7.27. The van der Waals surface area contributed by atoms with Gasteiger partial charge >= 0.3 is 0 Å². The molecule has 5 heterocycles. The third-order valence-electron chi connectivity index (χ3n) is 8.34. The predicted octanol–water partition coefficient (Wildman–Crippen LogP) is 1.40. The number of carbonyl (C=O) groups is 2. The van der Waals surface area contributed by atoms with Gasteiger partial charge in [-0.3, -0.25) is 9.59 Å². The minimum absolute atomic E-state index is 0.0426. The third-order valence-corrected chi connectivity index (χ3v) is 8.34. The summed E-state index contributed by atoms with van der Waals surface area (Å²) < 4.78 is 11.2. The predicted molar refractivity (Wildman–Crippen MR) is 158 cm³/mol. The number of fused-ring (bicyclic) bond motifs is 1. The molecule has 0 radical (unpaired) electrons. The van der Waals surface area contributed by atoms with E-state index in [-0.39, 0.29) is 36.1 Å². The van der Waals surface area contributed by atoms with Crippen LogP contribution in [0.2, 0.25) is 0 Å². The van der Waals surface area contributed by atoms with Gasteiger partial charge in [0, 0.05) is 58.3 Å². The maximum Gasteiger partial charge on any atom is 0.270 e. The van der Waals surface area contributed by atoms with Crippen molar-refractivity contribution >= 4 is 23.6 Å². The Hall–Kier alpha value is -4.23. The van der Waals surface area contributed by atoms with Crippen LogP contribution in [0.25, 0.3) is 0 Å². The number of amides is 2. The molecule has 43 heavy (non-hydrogen) atoms. The van der Waals surface area contributed by atoms with Crippen molar-refractivity contribution in [1.82, 2.24) is 30.5 Å². The van der Waals surface area contributed by atoms with E-state index in [0.717, 1.165) is 48.5 Å². The minimum atomic E-state index is -0.799. The molecule has 228 valence electrons. The van der Waals surface area contributed by atoms with Crippen molar-refractivity contribution in [2.24, 2.45) is 0 Å². The van der Waals surface area contributed by atoms with E-state index in [0.29, 0.717) is 50.2 Å². The molecule has 3 aliphatic rings. The number of nitrogens with zero attached hydrogens (tertiary/aromatic N) is 5. The fraction of sp³-hybridized carbons (Fsp3) is 0.500. The summed E-state index contributed by atoms with van der Waals surface area (Å²) in [6, 6.07) is 7.42. The largest absolute Gasteiger partial charge is 0.486 e. The molecule has 6 rings (SSSR count). The summed E-state index contributed by atoms with van der Waals surface area (Å²) in [6.07, 6.45) is 3.34. The maximum atomic E-state index is 13.2. The molecule has 2 fully saturated rings. The first kappa shape index (κ1) is 28.9. The number of aryl methyl sites for hydroxylation is 1. The van der Waals surface area contributed by atoms with Crippen LogP contribution in [0.15, 0.2) is 35.1 Å². The van der Waals surface area contributed by atoms with Gasteiger partial charge in [-0.05, 0) is 49.4 Å². The number of ether oxygens (including phenoxy) is 1. The van der Waals surface area contributed by atoms with E-state index in [1.165, 1.54) is 6.39 Å². The lowest BCUT2D eigenvalue weighted by atomic mass is 9.92. The number of benzene rings is 1. The van der Waals surface area contributed by atoms with Crippen LogP contribution in [0.3, 0.4) is 0 Å². The van der Waals surface area contributed by atoms with Gasteiger partial charge in [0.15, 0.2) is 12.2 Å². The Kier molecular flexibility index (Phi) is 8.43. The molecule has 0 saturated carbocycles. The van der Waals surface area contributed by atoms with Gasteiger partial charge in [0.25, 0.3) is 5.91 Å². The first-order chi connectivity index (χ1) is 20.8. The van der Waals surface area contributed by atoms with Crippen LogP contribution in [0.1, 0.15) is 52.8 Å². The number of carbonyl (C=O) groups excluding carboxylic acids is 2. The van der Waals surface area contributed by atoms with Gasteiger partial charge in [0.05, 0.1) is 17.8 Å². The second-order valence-corrected chi connectivity index (χ2v) is 11.4. The second kappa shape index (κ2) is 12.6. The SMILES string of the molecule is CC(=O)N1CC(Nc2cc(C(=O)NC[C@@H](O)[C@@H]3Cc4ccc(OCc5ocnc5C)cc4CN3)nc(N3CCCC3)n2)C1. The molecule has 1 aromatic carbocycles. The van der Waals surface area contributed by atoms with Crippen LogP contribution in [0, 0.1) is 6.92 Å². The highest BCUT2D eigenvalue weighted by Gasteiger charge is 2.30. The van der Waals surface area contributed by atoms with E-state index in [9.17, 15) is 14.7 Å². The molecule has 4 N–H and O–H groups in total. The fourth-order valence-electron chi connectivity index (χ4n) is 5.64. The van der Waals surface area contributed by atoms with Crippen molar-refractivity contribution in [1.29, 1.82) is 0 Å².